The second-order valence-electron chi connectivity index (χ2n) is 9.48. The van der Waals surface area contributed by atoms with Crippen molar-refractivity contribution in [1.29, 1.82) is 0 Å². The van der Waals surface area contributed by atoms with Crippen LogP contribution in [-0.2, 0) is 21.0 Å². The standard InChI is InChI=1S/C20H24FN3O5S/c1-30(27,28)16-5-15(21)3-2-14(16)4-13-6-19(7-13)8-23(9-19)18(26)24-10-20(11-24)12-29-17(25)22-20/h2-3,5,13H,4,6-12H2,1H3,(H,22,25). The normalized spacial score (nSPS) is 24.1. The van der Waals surface area contributed by atoms with Gasteiger partial charge in [-0.1, -0.05) is 6.07 Å². The first-order chi connectivity index (χ1) is 14.1. The summed E-state index contributed by atoms with van der Waals surface area (Å²) in [5.41, 5.74) is 0.375. The van der Waals surface area contributed by atoms with Crippen LogP contribution in [0.4, 0.5) is 14.0 Å². The molecule has 1 aromatic rings. The van der Waals surface area contributed by atoms with Crippen molar-refractivity contribution in [2.45, 2.75) is 29.7 Å². The van der Waals surface area contributed by atoms with E-state index in [4.69, 9.17) is 4.74 Å². The number of amides is 3. The molecule has 8 nitrogen and oxygen atoms in total. The van der Waals surface area contributed by atoms with E-state index in [0.717, 1.165) is 25.2 Å². The van der Waals surface area contributed by atoms with Gasteiger partial charge in [-0.3, -0.25) is 0 Å². The summed E-state index contributed by atoms with van der Waals surface area (Å²) in [4.78, 5) is 27.5. The third-order valence-electron chi connectivity index (χ3n) is 6.81. The quantitative estimate of drug-likeness (QED) is 0.771. The molecule has 1 aliphatic carbocycles. The van der Waals surface area contributed by atoms with E-state index in [1.54, 1.807) is 11.0 Å². The number of halogens is 1. The van der Waals surface area contributed by atoms with Crippen molar-refractivity contribution in [2.24, 2.45) is 11.3 Å². The summed E-state index contributed by atoms with van der Waals surface area (Å²) in [7, 11) is -3.48. The number of benzene rings is 1. The second-order valence-corrected chi connectivity index (χ2v) is 11.5. The first kappa shape index (κ1) is 19.6. The highest BCUT2D eigenvalue weighted by Gasteiger charge is 2.57. The largest absolute Gasteiger partial charge is 0.447 e. The number of nitrogens with one attached hydrogen (secondary N) is 1. The predicted octanol–water partition coefficient (Wildman–Crippen LogP) is 1.40. The molecule has 3 amide bonds. The van der Waals surface area contributed by atoms with Gasteiger partial charge in [0.1, 0.15) is 18.0 Å². The molecule has 1 saturated carbocycles. The average molecular weight is 437 g/mol. The number of ether oxygens (including phenoxy) is 1. The number of alkyl carbamates (subject to hydrolysis) is 1. The molecule has 4 aliphatic rings. The number of carbonyl (C=O) groups is 2. The predicted molar refractivity (Wildman–Crippen MR) is 104 cm³/mol. The third kappa shape index (κ3) is 3.21. The summed E-state index contributed by atoms with van der Waals surface area (Å²) in [5.74, 6) is -0.208. The van der Waals surface area contributed by atoms with Gasteiger partial charge >= 0.3 is 12.1 Å². The van der Waals surface area contributed by atoms with Crippen molar-refractivity contribution in [3.8, 4) is 0 Å². The van der Waals surface area contributed by atoms with E-state index < -0.39 is 27.3 Å². The average Bonchev–Trinajstić information content (AvgIpc) is 2.96. The number of nitrogens with zero attached hydrogens (tertiary/aromatic N) is 2. The number of hydrogen-bond donors (Lipinski definition) is 1. The Morgan fingerprint density at radius 2 is 1.90 bits per heavy atom. The summed E-state index contributed by atoms with van der Waals surface area (Å²) in [6.07, 6.45) is 3.15. The van der Waals surface area contributed by atoms with Crippen LogP contribution in [0.2, 0.25) is 0 Å². The Morgan fingerprint density at radius 3 is 2.50 bits per heavy atom. The Labute approximate surface area is 174 Å². The lowest BCUT2D eigenvalue weighted by atomic mass is 9.56. The van der Waals surface area contributed by atoms with Gasteiger partial charge in [-0.25, -0.2) is 22.4 Å². The van der Waals surface area contributed by atoms with E-state index in [1.807, 2.05) is 4.90 Å². The van der Waals surface area contributed by atoms with E-state index in [9.17, 15) is 22.4 Å². The monoisotopic (exact) mass is 437 g/mol. The maximum Gasteiger partial charge on any atom is 0.407 e. The van der Waals surface area contributed by atoms with Gasteiger partial charge in [-0.05, 0) is 42.9 Å². The Kier molecular flexibility index (Phi) is 4.13. The number of sulfone groups is 1. The number of carbonyl (C=O) groups excluding carboxylic acids is 2. The summed E-state index contributed by atoms with van der Waals surface area (Å²) >= 11 is 0. The lowest BCUT2D eigenvalue weighted by molar-refractivity contribution is -0.0828. The molecule has 0 unspecified atom stereocenters. The molecule has 30 heavy (non-hydrogen) atoms. The summed E-state index contributed by atoms with van der Waals surface area (Å²) in [5, 5.41) is 2.77. The van der Waals surface area contributed by atoms with Gasteiger partial charge in [-0.2, -0.15) is 0 Å². The molecule has 4 fully saturated rings. The van der Waals surface area contributed by atoms with Crippen LogP contribution in [0.15, 0.2) is 23.1 Å². The highest BCUT2D eigenvalue weighted by atomic mass is 32.2. The van der Waals surface area contributed by atoms with Crippen LogP contribution in [0.1, 0.15) is 18.4 Å². The van der Waals surface area contributed by atoms with E-state index in [-0.39, 0.29) is 16.3 Å². The maximum absolute atomic E-state index is 13.5. The summed E-state index contributed by atoms with van der Waals surface area (Å²) in [6, 6.07) is 3.97. The van der Waals surface area contributed by atoms with Gasteiger partial charge in [0.05, 0.1) is 18.0 Å². The van der Waals surface area contributed by atoms with Gasteiger partial charge in [0, 0.05) is 24.8 Å². The molecule has 5 rings (SSSR count). The van der Waals surface area contributed by atoms with Crippen molar-refractivity contribution in [1.82, 2.24) is 15.1 Å². The first-order valence-corrected chi connectivity index (χ1v) is 11.9. The Balaban J connectivity index is 1.12. The molecule has 0 bridgehead atoms. The van der Waals surface area contributed by atoms with E-state index in [1.165, 1.54) is 6.07 Å². The Morgan fingerprint density at radius 1 is 1.23 bits per heavy atom. The molecule has 10 heteroatoms. The molecule has 1 aromatic carbocycles. The van der Waals surface area contributed by atoms with Gasteiger partial charge in [0.25, 0.3) is 0 Å². The molecule has 0 radical (unpaired) electrons. The number of hydrogen-bond acceptors (Lipinski definition) is 5. The molecule has 162 valence electrons. The van der Waals surface area contributed by atoms with Crippen LogP contribution in [0.25, 0.3) is 0 Å². The molecule has 0 aromatic heterocycles. The molecule has 2 spiro atoms. The minimum absolute atomic E-state index is 0.00579. The van der Waals surface area contributed by atoms with Crippen LogP contribution in [0.5, 0.6) is 0 Å². The minimum Gasteiger partial charge on any atom is -0.447 e. The summed E-state index contributed by atoms with van der Waals surface area (Å²) < 4.78 is 42.4. The third-order valence-corrected chi connectivity index (χ3v) is 7.99. The SMILES string of the molecule is CS(=O)(=O)c1cc(F)ccc1CC1CC2(C1)CN(C(=O)N1CC3(COC(=O)N3)C1)C2. The fraction of sp³-hybridized carbons (Fsp3) is 0.600. The number of rotatable bonds is 3. The smallest absolute Gasteiger partial charge is 0.407 e. The van der Waals surface area contributed by atoms with Crippen LogP contribution < -0.4 is 5.32 Å². The van der Waals surface area contributed by atoms with Crippen LogP contribution >= 0.6 is 0 Å². The van der Waals surface area contributed by atoms with Crippen molar-refractivity contribution in [3.05, 3.63) is 29.6 Å². The molecule has 1 N–H and O–H groups in total. The number of urea groups is 1. The van der Waals surface area contributed by atoms with E-state index in [2.05, 4.69) is 5.32 Å². The van der Waals surface area contributed by atoms with E-state index in [0.29, 0.717) is 50.7 Å². The van der Waals surface area contributed by atoms with Gasteiger partial charge in [0.15, 0.2) is 9.84 Å². The lowest BCUT2D eigenvalue weighted by Gasteiger charge is -2.61. The lowest BCUT2D eigenvalue weighted by Crippen LogP contribution is -2.74. The van der Waals surface area contributed by atoms with Crippen molar-refractivity contribution in [2.75, 3.05) is 39.0 Å². The highest BCUT2D eigenvalue weighted by molar-refractivity contribution is 7.90. The molecule has 3 heterocycles. The summed E-state index contributed by atoms with van der Waals surface area (Å²) in [6.45, 7) is 2.67. The van der Waals surface area contributed by atoms with Crippen molar-refractivity contribution < 1.29 is 27.1 Å². The second kappa shape index (κ2) is 6.32. The first-order valence-electron chi connectivity index (χ1n) is 10.0. The Bertz CT molecular complexity index is 1020. The fourth-order valence-electron chi connectivity index (χ4n) is 5.50. The fourth-order valence-corrected chi connectivity index (χ4v) is 6.46. The molecule has 0 atom stereocenters. The van der Waals surface area contributed by atoms with Crippen LogP contribution in [-0.4, -0.2) is 74.9 Å². The Hall–Kier alpha value is -2.36. The molecule has 3 saturated heterocycles. The zero-order chi connectivity index (χ0) is 21.3. The molecular formula is C20H24FN3O5S. The van der Waals surface area contributed by atoms with Gasteiger partial charge < -0.3 is 19.9 Å². The van der Waals surface area contributed by atoms with Gasteiger partial charge in [0.2, 0.25) is 0 Å². The van der Waals surface area contributed by atoms with Crippen molar-refractivity contribution >= 4 is 22.0 Å². The topological polar surface area (TPSA) is 96.0 Å². The maximum atomic E-state index is 13.5. The minimum atomic E-state index is -3.48. The van der Waals surface area contributed by atoms with Crippen LogP contribution in [0.3, 0.4) is 0 Å². The van der Waals surface area contributed by atoms with Crippen LogP contribution in [0, 0.1) is 17.2 Å². The molecule has 3 aliphatic heterocycles. The number of cyclic esters (lactones) is 1. The van der Waals surface area contributed by atoms with E-state index >= 15 is 0 Å². The zero-order valence-corrected chi connectivity index (χ0v) is 17.5. The van der Waals surface area contributed by atoms with Gasteiger partial charge in [-0.15, -0.1) is 0 Å². The zero-order valence-electron chi connectivity index (χ0n) is 16.7. The van der Waals surface area contributed by atoms with Crippen molar-refractivity contribution in [3.63, 3.8) is 0 Å². The molecular weight excluding hydrogens is 413 g/mol. The highest BCUT2D eigenvalue weighted by Crippen LogP contribution is 2.53. The number of likely N-dealkylation sites (tertiary alicyclic amines) is 2.